The fourth-order valence-corrected chi connectivity index (χ4v) is 3.20. The molecule has 0 aliphatic rings. The summed E-state index contributed by atoms with van der Waals surface area (Å²) in [5.74, 6) is 0.605. The van der Waals surface area contributed by atoms with Gasteiger partial charge in [0.2, 0.25) is 0 Å². The number of hydrogen-bond acceptors (Lipinski definition) is 2. The molecule has 0 saturated carbocycles. The minimum absolute atomic E-state index is 0.144. The molecule has 0 aliphatic carbocycles. The molecule has 0 aliphatic heterocycles. The minimum atomic E-state index is -0.144. The summed E-state index contributed by atoms with van der Waals surface area (Å²) in [6.07, 6.45) is 3.89. The molecule has 0 spiro atoms. The minimum Gasteiger partial charge on any atom is -0.393 e. The Morgan fingerprint density at radius 1 is 1.35 bits per heavy atom. The Kier molecular flexibility index (Phi) is 5.68. The molecule has 1 aromatic heterocycles. The van der Waals surface area contributed by atoms with Crippen LogP contribution in [0.4, 0.5) is 0 Å². The molecule has 0 bridgehead atoms. The van der Waals surface area contributed by atoms with Gasteiger partial charge < -0.3 is 5.11 Å². The van der Waals surface area contributed by atoms with E-state index in [1.54, 1.807) is 11.3 Å². The molecular weight excluding hydrogens is 228 g/mol. The second-order valence-corrected chi connectivity index (χ2v) is 7.41. The number of aliphatic hydroxyl groups excluding tert-OH is 1. The van der Waals surface area contributed by atoms with E-state index >= 15 is 0 Å². The van der Waals surface area contributed by atoms with Gasteiger partial charge in [-0.3, -0.25) is 0 Å². The third-order valence-electron chi connectivity index (χ3n) is 2.94. The maximum atomic E-state index is 10.0. The smallest absolute Gasteiger partial charge is 0.0546 e. The molecule has 2 atom stereocenters. The fraction of sp³-hybridized carbons (Fsp3) is 0.733. The first-order chi connectivity index (χ1) is 7.87. The van der Waals surface area contributed by atoms with Crippen LogP contribution >= 0.6 is 11.3 Å². The summed E-state index contributed by atoms with van der Waals surface area (Å²) in [6.45, 7) is 9.05. The number of hydrogen-bond donors (Lipinski definition) is 1. The lowest BCUT2D eigenvalue weighted by Crippen LogP contribution is -2.17. The van der Waals surface area contributed by atoms with Crippen molar-refractivity contribution in [3.63, 3.8) is 0 Å². The lowest BCUT2D eigenvalue weighted by Gasteiger charge is -2.24. The molecule has 1 nitrogen and oxygen atoms in total. The maximum absolute atomic E-state index is 10.0. The molecule has 2 unspecified atom stereocenters. The van der Waals surface area contributed by atoms with Gasteiger partial charge in [-0.25, -0.2) is 0 Å². The van der Waals surface area contributed by atoms with E-state index in [1.807, 2.05) is 0 Å². The van der Waals surface area contributed by atoms with Gasteiger partial charge in [0, 0.05) is 4.88 Å². The van der Waals surface area contributed by atoms with Crippen LogP contribution in [0.5, 0.6) is 0 Å². The second kappa shape index (κ2) is 6.55. The van der Waals surface area contributed by atoms with Crippen molar-refractivity contribution in [1.29, 1.82) is 0 Å². The molecule has 0 amide bonds. The first-order valence-corrected chi connectivity index (χ1v) is 7.45. The highest BCUT2D eigenvalue weighted by atomic mass is 32.1. The van der Waals surface area contributed by atoms with Gasteiger partial charge in [0.25, 0.3) is 0 Å². The van der Waals surface area contributed by atoms with Gasteiger partial charge in [0.1, 0.15) is 0 Å². The molecule has 0 saturated heterocycles. The first-order valence-electron chi connectivity index (χ1n) is 6.57. The predicted molar refractivity (Wildman–Crippen MR) is 76.5 cm³/mol. The standard InChI is InChI=1S/C15H26OS/c1-12(11-15(2,3)4)10-13(16)7-8-14-6-5-9-17-14/h5-6,9,12-13,16H,7-8,10-11H2,1-4H3. The molecule has 98 valence electrons. The van der Waals surface area contributed by atoms with Gasteiger partial charge in [-0.2, -0.15) is 0 Å². The van der Waals surface area contributed by atoms with E-state index in [1.165, 1.54) is 11.3 Å². The summed E-state index contributed by atoms with van der Waals surface area (Å²) < 4.78 is 0. The van der Waals surface area contributed by atoms with Crippen LogP contribution in [0.1, 0.15) is 51.8 Å². The van der Waals surface area contributed by atoms with E-state index in [0.717, 1.165) is 19.3 Å². The van der Waals surface area contributed by atoms with Crippen molar-refractivity contribution in [2.24, 2.45) is 11.3 Å². The summed E-state index contributed by atoms with van der Waals surface area (Å²) in [6, 6.07) is 4.23. The zero-order chi connectivity index (χ0) is 12.9. The molecule has 0 aromatic carbocycles. The van der Waals surface area contributed by atoms with Gasteiger partial charge in [0.05, 0.1) is 6.10 Å². The molecule has 2 heteroatoms. The van der Waals surface area contributed by atoms with Crippen molar-refractivity contribution in [2.45, 2.75) is 59.5 Å². The van der Waals surface area contributed by atoms with Crippen LogP contribution in [0.25, 0.3) is 0 Å². The van der Waals surface area contributed by atoms with Crippen molar-refractivity contribution in [3.8, 4) is 0 Å². The average Bonchev–Trinajstić information content (AvgIpc) is 2.63. The lowest BCUT2D eigenvalue weighted by atomic mass is 9.83. The Bertz CT molecular complexity index is 297. The quantitative estimate of drug-likeness (QED) is 0.792. The fourth-order valence-electron chi connectivity index (χ4n) is 2.47. The summed E-state index contributed by atoms with van der Waals surface area (Å²) in [4.78, 5) is 1.38. The summed E-state index contributed by atoms with van der Waals surface area (Å²) in [5.41, 5.74) is 0.368. The van der Waals surface area contributed by atoms with E-state index in [9.17, 15) is 5.11 Å². The Balaban J connectivity index is 2.22. The van der Waals surface area contributed by atoms with Crippen LogP contribution in [0, 0.1) is 11.3 Å². The predicted octanol–water partition coefficient (Wildman–Crippen LogP) is 4.50. The van der Waals surface area contributed by atoms with Crippen molar-refractivity contribution in [2.75, 3.05) is 0 Å². The van der Waals surface area contributed by atoms with Crippen LogP contribution < -0.4 is 0 Å². The summed E-state index contributed by atoms with van der Waals surface area (Å²) in [7, 11) is 0. The normalized spacial score (nSPS) is 15.8. The monoisotopic (exact) mass is 254 g/mol. The van der Waals surface area contributed by atoms with Crippen LogP contribution in [0.3, 0.4) is 0 Å². The SMILES string of the molecule is CC(CC(O)CCc1cccs1)CC(C)(C)C. The zero-order valence-electron chi connectivity index (χ0n) is 11.6. The average molecular weight is 254 g/mol. The third kappa shape index (κ3) is 6.85. The van der Waals surface area contributed by atoms with Gasteiger partial charge in [0.15, 0.2) is 0 Å². The second-order valence-electron chi connectivity index (χ2n) is 6.38. The highest BCUT2D eigenvalue weighted by Gasteiger charge is 2.18. The molecule has 1 aromatic rings. The van der Waals surface area contributed by atoms with Crippen molar-refractivity contribution < 1.29 is 5.11 Å². The van der Waals surface area contributed by atoms with Gasteiger partial charge in [-0.15, -0.1) is 11.3 Å². The number of thiophene rings is 1. The molecule has 1 N–H and O–H groups in total. The first kappa shape index (κ1) is 14.7. The maximum Gasteiger partial charge on any atom is 0.0546 e. The van der Waals surface area contributed by atoms with Crippen molar-refractivity contribution in [1.82, 2.24) is 0 Å². The van der Waals surface area contributed by atoms with Gasteiger partial charge in [-0.1, -0.05) is 33.8 Å². The Hall–Kier alpha value is -0.340. The summed E-state index contributed by atoms with van der Waals surface area (Å²) in [5, 5.41) is 12.1. The van der Waals surface area contributed by atoms with Crippen molar-refractivity contribution in [3.05, 3.63) is 22.4 Å². The topological polar surface area (TPSA) is 20.2 Å². The molecule has 17 heavy (non-hydrogen) atoms. The van der Waals surface area contributed by atoms with Gasteiger partial charge in [-0.05, 0) is 48.5 Å². The Labute approximate surface area is 110 Å². The molecule has 1 rings (SSSR count). The highest BCUT2D eigenvalue weighted by molar-refractivity contribution is 7.09. The molecular formula is C15H26OS. The van der Waals surface area contributed by atoms with E-state index in [4.69, 9.17) is 0 Å². The van der Waals surface area contributed by atoms with E-state index in [-0.39, 0.29) is 6.10 Å². The van der Waals surface area contributed by atoms with Gasteiger partial charge >= 0.3 is 0 Å². The largest absolute Gasteiger partial charge is 0.393 e. The van der Waals surface area contributed by atoms with Crippen molar-refractivity contribution >= 4 is 11.3 Å². The van der Waals surface area contributed by atoms with Crippen LogP contribution in [-0.4, -0.2) is 11.2 Å². The number of aryl methyl sites for hydroxylation is 1. The van der Waals surface area contributed by atoms with Crippen LogP contribution in [0.2, 0.25) is 0 Å². The zero-order valence-corrected chi connectivity index (χ0v) is 12.4. The molecule has 0 fully saturated rings. The number of aliphatic hydroxyl groups is 1. The lowest BCUT2D eigenvalue weighted by molar-refractivity contribution is 0.125. The Morgan fingerprint density at radius 2 is 2.06 bits per heavy atom. The molecule has 1 heterocycles. The highest BCUT2D eigenvalue weighted by Crippen LogP contribution is 2.27. The molecule has 0 radical (unpaired) electrons. The Morgan fingerprint density at radius 3 is 2.59 bits per heavy atom. The third-order valence-corrected chi connectivity index (χ3v) is 3.88. The summed E-state index contributed by atoms with van der Waals surface area (Å²) >= 11 is 1.78. The van der Waals surface area contributed by atoms with Crippen LogP contribution in [0.15, 0.2) is 17.5 Å². The van der Waals surface area contributed by atoms with E-state index < -0.39 is 0 Å². The van der Waals surface area contributed by atoms with E-state index in [0.29, 0.717) is 11.3 Å². The van der Waals surface area contributed by atoms with E-state index in [2.05, 4.69) is 45.2 Å². The van der Waals surface area contributed by atoms with Crippen LogP contribution in [-0.2, 0) is 6.42 Å². The number of rotatable bonds is 6.